The third-order valence-electron chi connectivity index (χ3n) is 1.37. The van der Waals surface area contributed by atoms with E-state index >= 15 is 0 Å². The van der Waals surface area contributed by atoms with E-state index in [1.807, 2.05) is 0 Å². The molecule has 0 aromatic heterocycles. The molecule has 0 aliphatic heterocycles. The van der Waals surface area contributed by atoms with Crippen LogP contribution in [0.5, 0.6) is 0 Å². The molecule has 10 heteroatoms. The van der Waals surface area contributed by atoms with Crippen LogP contribution in [-0.4, -0.2) is 56.0 Å². The van der Waals surface area contributed by atoms with Crippen LogP contribution in [0.1, 0.15) is 0 Å². The molecule has 15 heavy (non-hydrogen) atoms. The van der Waals surface area contributed by atoms with Gasteiger partial charge in [0.05, 0.1) is 12.6 Å². The highest BCUT2D eigenvalue weighted by molar-refractivity contribution is 7.46. The normalized spacial score (nSPS) is 18.2. The zero-order valence-corrected chi connectivity index (χ0v) is 8.15. The quantitative estimate of drug-likeness (QED) is 0.292. The second kappa shape index (κ2) is 5.52. The van der Waals surface area contributed by atoms with E-state index in [1.165, 1.54) is 0 Å². The minimum Gasteiger partial charge on any atom is -0.547 e. The maximum Gasteiger partial charge on any atom is 0.469 e. The molecule has 3 atom stereocenters. The lowest BCUT2D eigenvalue weighted by Gasteiger charge is -2.23. The molecule has 0 aromatic carbocycles. The monoisotopic (exact) mass is 245 g/mol. The van der Waals surface area contributed by atoms with Gasteiger partial charge in [0.15, 0.2) is 0 Å². The van der Waals surface area contributed by atoms with Gasteiger partial charge in [0.2, 0.25) is 0 Å². The Kier molecular flexibility index (Phi) is 5.32. The summed E-state index contributed by atoms with van der Waals surface area (Å²) in [5.74, 6) is -2.03. The van der Waals surface area contributed by atoms with E-state index in [-0.39, 0.29) is 0 Å². The molecule has 0 aromatic rings. The molecule has 0 radical (unpaired) electrons. The van der Waals surface area contributed by atoms with E-state index < -0.39 is 38.7 Å². The Morgan fingerprint density at radius 2 is 1.80 bits per heavy atom. The van der Waals surface area contributed by atoms with Gasteiger partial charge in [0, 0.05) is 0 Å². The van der Waals surface area contributed by atoms with Crippen molar-refractivity contribution in [2.24, 2.45) is 0 Å². The van der Waals surface area contributed by atoms with Crippen LogP contribution in [0.2, 0.25) is 0 Å². The van der Waals surface area contributed by atoms with Gasteiger partial charge < -0.3 is 35.0 Å². The number of aliphatic hydroxyl groups is 3. The number of carbonyl (C=O) groups is 1. The van der Waals surface area contributed by atoms with E-state index in [9.17, 15) is 14.5 Å². The zero-order valence-electron chi connectivity index (χ0n) is 7.26. The topological polar surface area (TPSA) is 168 Å². The molecule has 0 aliphatic rings. The van der Waals surface area contributed by atoms with Gasteiger partial charge in [-0.3, -0.25) is 4.52 Å². The van der Waals surface area contributed by atoms with Crippen molar-refractivity contribution in [1.82, 2.24) is 0 Å². The molecule has 0 bridgehead atoms. The van der Waals surface area contributed by atoms with Crippen molar-refractivity contribution in [1.29, 1.82) is 0 Å². The molecule has 0 spiro atoms. The number of rotatable bonds is 6. The first kappa shape index (κ1) is 14.5. The van der Waals surface area contributed by atoms with Gasteiger partial charge in [-0.15, -0.1) is 0 Å². The molecule has 0 amide bonds. The van der Waals surface area contributed by atoms with Crippen LogP contribution in [-0.2, 0) is 13.9 Å². The molecular weight excluding hydrogens is 235 g/mol. The predicted octanol–water partition coefficient (Wildman–Crippen LogP) is -4.07. The highest BCUT2D eigenvalue weighted by atomic mass is 31.2. The summed E-state index contributed by atoms with van der Waals surface area (Å²) in [6.45, 7) is -1.03. The number of hydrogen-bond donors (Lipinski definition) is 5. The Hall–Kier alpha value is -0.540. The van der Waals surface area contributed by atoms with Gasteiger partial charge in [-0.1, -0.05) is 0 Å². The van der Waals surface area contributed by atoms with Crippen molar-refractivity contribution < 1.29 is 44.1 Å². The molecular formula is C5H10O9P-. The Morgan fingerprint density at radius 1 is 1.33 bits per heavy atom. The Morgan fingerprint density at radius 3 is 2.13 bits per heavy atom. The molecule has 5 N–H and O–H groups in total. The Balaban J connectivity index is 4.16. The molecule has 0 aliphatic carbocycles. The third kappa shape index (κ3) is 5.80. The van der Waals surface area contributed by atoms with Crippen molar-refractivity contribution in [3.63, 3.8) is 0 Å². The lowest BCUT2D eigenvalue weighted by molar-refractivity contribution is -0.319. The Labute approximate surface area is 83.8 Å². The smallest absolute Gasteiger partial charge is 0.469 e. The lowest BCUT2D eigenvalue weighted by atomic mass is 10.1. The minimum atomic E-state index is -4.83. The summed E-state index contributed by atoms with van der Waals surface area (Å²) >= 11 is 0. The summed E-state index contributed by atoms with van der Waals surface area (Å²) in [4.78, 5) is 26.4. The second-order valence-electron chi connectivity index (χ2n) is 2.61. The number of aliphatic carboxylic acids is 1. The summed E-state index contributed by atoms with van der Waals surface area (Å²) in [7, 11) is -4.83. The average Bonchev–Trinajstić information content (AvgIpc) is 2.10. The molecule has 0 fully saturated rings. The van der Waals surface area contributed by atoms with E-state index in [4.69, 9.17) is 25.1 Å². The second-order valence-corrected chi connectivity index (χ2v) is 3.85. The van der Waals surface area contributed by atoms with E-state index in [0.717, 1.165) is 0 Å². The van der Waals surface area contributed by atoms with Crippen LogP contribution in [0, 0.1) is 0 Å². The molecule has 90 valence electrons. The van der Waals surface area contributed by atoms with E-state index in [2.05, 4.69) is 4.52 Å². The number of phosphoric ester groups is 1. The number of phosphoric acid groups is 1. The predicted molar refractivity (Wildman–Crippen MR) is 41.0 cm³/mol. The maximum atomic E-state index is 10.2. The average molecular weight is 245 g/mol. The van der Waals surface area contributed by atoms with Crippen LogP contribution in [0.15, 0.2) is 0 Å². The number of aliphatic hydroxyl groups excluding tert-OH is 3. The largest absolute Gasteiger partial charge is 0.547 e. The first-order valence-corrected chi connectivity index (χ1v) is 5.13. The molecule has 0 saturated heterocycles. The summed E-state index contributed by atoms with van der Waals surface area (Å²) in [5.41, 5.74) is 0. The molecule has 0 heterocycles. The zero-order chi connectivity index (χ0) is 12.2. The van der Waals surface area contributed by atoms with Crippen molar-refractivity contribution in [2.45, 2.75) is 18.3 Å². The fraction of sp³-hybridized carbons (Fsp3) is 0.800. The Bertz CT molecular complexity index is 259. The van der Waals surface area contributed by atoms with Gasteiger partial charge in [0.25, 0.3) is 0 Å². The van der Waals surface area contributed by atoms with E-state index in [1.54, 1.807) is 0 Å². The van der Waals surface area contributed by atoms with Gasteiger partial charge >= 0.3 is 7.82 Å². The molecule has 9 nitrogen and oxygen atoms in total. The SMILES string of the molecule is O=C([O-])C(O)C(O)C(O)COP(=O)(O)O. The van der Waals surface area contributed by atoms with Gasteiger partial charge in [-0.2, -0.15) is 0 Å². The lowest BCUT2D eigenvalue weighted by Crippen LogP contribution is -2.49. The van der Waals surface area contributed by atoms with Crippen molar-refractivity contribution >= 4 is 13.8 Å². The molecule has 0 rings (SSSR count). The van der Waals surface area contributed by atoms with Crippen molar-refractivity contribution in [3.8, 4) is 0 Å². The fourth-order valence-electron chi connectivity index (χ4n) is 0.622. The van der Waals surface area contributed by atoms with Crippen LogP contribution in [0.3, 0.4) is 0 Å². The summed E-state index contributed by atoms with van der Waals surface area (Å²) in [6, 6.07) is 0. The third-order valence-corrected chi connectivity index (χ3v) is 1.86. The number of carboxylic acid groups (broad SMARTS) is 1. The standard InChI is InChI=1S/C5H11O9P/c6-2(1-14-15(11,12)13)3(7)4(8)5(9)10/h2-4,6-8H,1H2,(H,9,10)(H2,11,12,13)/p-1. The van der Waals surface area contributed by atoms with Crippen LogP contribution >= 0.6 is 7.82 Å². The van der Waals surface area contributed by atoms with Gasteiger partial charge in [-0.05, 0) is 0 Å². The minimum absolute atomic E-state index is 1.03. The first-order chi connectivity index (χ1) is 6.65. The fourth-order valence-corrected chi connectivity index (χ4v) is 0.969. The number of carbonyl (C=O) groups excluding carboxylic acids is 1. The van der Waals surface area contributed by atoms with Crippen LogP contribution in [0.4, 0.5) is 0 Å². The van der Waals surface area contributed by atoms with E-state index in [0.29, 0.717) is 0 Å². The maximum absolute atomic E-state index is 10.2. The van der Waals surface area contributed by atoms with Crippen molar-refractivity contribution in [2.75, 3.05) is 6.61 Å². The first-order valence-electron chi connectivity index (χ1n) is 3.60. The highest BCUT2D eigenvalue weighted by Crippen LogP contribution is 2.35. The van der Waals surface area contributed by atoms with Crippen LogP contribution < -0.4 is 5.11 Å². The number of carboxylic acids is 1. The van der Waals surface area contributed by atoms with Gasteiger partial charge in [0.1, 0.15) is 18.3 Å². The highest BCUT2D eigenvalue weighted by Gasteiger charge is 2.28. The molecule has 3 unspecified atom stereocenters. The van der Waals surface area contributed by atoms with Gasteiger partial charge in [-0.25, -0.2) is 4.57 Å². The summed E-state index contributed by atoms with van der Waals surface area (Å²) in [6.07, 6.45) is -6.51. The summed E-state index contributed by atoms with van der Waals surface area (Å²) < 4.78 is 13.9. The molecule has 0 saturated carbocycles. The van der Waals surface area contributed by atoms with Crippen LogP contribution in [0.25, 0.3) is 0 Å². The summed E-state index contributed by atoms with van der Waals surface area (Å²) in [5, 5.41) is 36.5. The number of hydrogen-bond acceptors (Lipinski definition) is 7. The van der Waals surface area contributed by atoms with Crippen molar-refractivity contribution in [3.05, 3.63) is 0 Å².